The van der Waals surface area contributed by atoms with Gasteiger partial charge in [0.1, 0.15) is 10.6 Å². The first-order chi connectivity index (χ1) is 14.1. The fourth-order valence-corrected chi connectivity index (χ4v) is 3.98. The van der Waals surface area contributed by atoms with Gasteiger partial charge in [0.25, 0.3) is 5.91 Å². The Morgan fingerprint density at radius 2 is 1.67 bits per heavy atom. The second-order valence-corrected chi connectivity index (χ2v) is 8.64. The summed E-state index contributed by atoms with van der Waals surface area (Å²) in [5, 5.41) is 3.13. The fourth-order valence-electron chi connectivity index (χ4n) is 3.78. The molecule has 0 atom stereocenters. The monoisotopic (exact) mass is 432 g/mol. The Balaban J connectivity index is 2.57. The molecule has 1 aromatic carbocycles. The van der Waals surface area contributed by atoms with Gasteiger partial charge >= 0.3 is 0 Å². The molecule has 164 valence electrons. The van der Waals surface area contributed by atoms with E-state index in [1.165, 1.54) is 0 Å². The number of ether oxygens (including phenoxy) is 1. The lowest BCUT2D eigenvalue weighted by atomic mass is 9.92. The molecule has 0 radical (unpaired) electrons. The Morgan fingerprint density at radius 3 is 2.17 bits per heavy atom. The van der Waals surface area contributed by atoms with E-state index in [2.05, 4.69) is 33.0 Å². The van der Waals surface area contributed by atoms with Crippen LogP contribution in [0.2, 0.25) is 5.02 Å². The van der Waals surface area contributed by atoms with E-state index in [-0.39, 0.29) is 22.4 Å². The van der Waals surface area contributed by atoms with Gasteiger partial charge in [0, 0.05) is 37.3 Å². The number of hydrogen-bond acceptors (Lipinski definition) is 3. The fraction of sp³-hybridized carbons (Fsp3) is 0.500. The molecule has 0 spiro atoms. The molecule has 0 aliphatic heterocycles. The van der Waals surface area contributed by atoms with Crippen LogP contribution in [0.4, 0.5) is 5.69 Å². The highest BCUT2D eigenvalue weighted by Gasteiger charge is 2.23. The average Bonchev–Trinajstić information content (AvgIpc) is 2.68. The van der Waals surface area contributed by atoms with Gasteiger partial charge in [-0.15, -0.1) is 0 Å². The number of carbonyl (C=O) groups is 1. The van der Waals surface area contributed by atoms with E-state index in [9.17, 15) is 9.59 Å². The largest absolute Gasteiger partial charge is 0.385 e. The van der Waals surface area contributed by atoms with Crippen molar-refractivity contribution >= 4 is 23.2 Å². The number of halogens is 1. The van der Waals surface area contributed by atoms with Crippen molar-refractivity contribution in [3.63, 3.8) is 0 Å². The van der Waals surface area contributed by atoms with Crippen LogP contribution in [-0.4, -0.2) is 24.2 Å². The summed E-state index contributed by atoms with van der Waals surface area (Å²) < 4.78 is 7.06. The van der Waals surface area contributed by atoms with E-state index in [1.807, 2.05) is 22.8 Å². The highest BCUT2D eigenvalue weighted by atomic mass is 35.5. The first-order valence-electron chi connectivity index (χ1n) is 10.4. The van der Waals surface area contributed by atoms with Gasteiger partial charge in [-0.3, -0.25) is 9.59 Å². The lowest BCUT2D eigenvalue weighted by Gasteiger charge is -2.22. The number of para-hydroxylation sites is 1. The maximum Gasteiger partial charge on any atom is 0.261 e. The van der Waals surface area contributed by atoms with Crippen LogP contribution in [0.3, 0.4) is 0 Å². The van der Waals surface area contributed by atoms with Gasteiger partial charge in [-0.25, -0.2) is 0 Å². The van der Waals surface area contributed by atoms with Crippen molar-refractivity contribution < 1.29 is 9.53 Å². The van der Waals surface area contributed by atoms with Crippen LogP contribution in [0.1, 0.15) is 78.8 Å². The Labute approximate surface area is 184 Å². The standard InChI is InChI=1S/C24H33ClN2O3/c1-14(2)18-10-8-11-19(15(3)4)22(18)26-24(29)20-16(5)27(12-9-13-30-7)17(6)21(25)23(20)28/h8,10-11,14-15H,9,12-13H2,1-7H3,(H,26,29). The van der Waals surface area contributed by atoms with Crippen molar-refractivity contribution in [3.05, 3.63) is 61.5 Å². The van der Waals surface area contributed by atoms with Gasteiger partial charge in [-0.05, 0) is 43.2 Å². The number of pyridine rings is 1. The zero-order chi connectivity index (χ0) is 22.6. The summed E-state index contributed by atoms with van der Waals surface area (Å²) in [5.74, 6) is 0.0368. The zero-order valence-corrected chi connectivity index (χ0v) is 19.8. The Hall–Kier alpha value is -2.11. The summed E-state index contributed by atoms with van der Waals surface area (Å²) in [6, 6.07) is 6.05. The topological polar surface area (TPSA) is 60.3 Å². The molecule has 1 amide bonds. The number of methoxy groups -OCH3 is 1. The van der Waals surface area contributed by atoms with Crippen LogP contribution >= 0.6 is 11.6 Å². The number of benzene rings is 1. The van der Waals surface area contributed by atoms with Crippen molar-refractivity contribution in [1.29, 1.82) is 0 Å². The second kappa shape index (κ2) is 10.3. The molecule has 2 aromatic rings. The minimum atomic E-state index is -0.430. The Morgan fingerprint density at radius 1 is 1.10 bits per heavy atom. The van der Waals surface area contributed by atoms with Gasteiger partial charge in [0.05, 0.1) is 0 Å². The molecule has 0 saturated heterocycles. The molecule has 1 N–H and O–H groups in total. The zero-order valence-electron chi connectivity index (χ0n) is 19.1. The molecule has 0 aliphatic rings. The molecule has 0 saturated carbocycles. The molecule has 2 rings (SSSR count). The minimum Gasteiger partial charge on any atom is -0.385 e. The Kier molecular flexibility index (Phi) is 8.27. The third kappa shape index (κ3) is 4.96. The molecule has 6 heteroatoms. The highest BCUT2D eigenvalue weighted by molar-refractivity contribution is 6.31. The number of aromatic nitrogens is 1. The second-order valence-electron chi connectivity index (χ2n) is 8.26. The molecule has 0 unspecified atom stereocenters. The summed E-state index contributed by atoms with van der Waals surface area (Å²) >= 11 is 6.34. The van der Waals surface area contributed by atoms with Crippen molar-refractivity contribution in [2.24, 2.45) is 0 Å². The SMILES string of the molecule is COCCCn1c(C)c(Cl)c(=O)c(C(=O)Nc2c(C(C)C)cccc2C(C)C)c1C. The quantitative estimate of drug-likeness (QED) is 0.548. The van der Waals surface area contributed by atoms with E-state index in [0.717, 1.165) is 23.2 Å². The Bertz CT molecular complexity index is 951. The number of anilines is 1. The predicted octanol–water partition coefficient (Wildman–Crippen LogP) is 5.65. The van der Waals surface area contributed by atoms with Gasteiger partial charge in [-0.1, -0.05) is 57.5 Å². The molecular formula is C24H33ClN2O3. The van der Waals surface area contributed by atoms with Crippen molar-refractivity contribution in [2.75, 3.05) is 19.0 Å². The summed E-state index contributed by atoms with van der Waals surface area (Å²) in [6.45, 7) is 13.2. The van der Waals surface area contributed by atoms with Crippen molar-refractivity contribution in [3.8, 4) is 0 Å². The predicted molar refractivity (Wildman–Crippen MR) is 124 cm³/mol. The molecule has 0 bridgehead atoms. The third-order valence-electron chi connectivity index (χ3n) is 5.48. The number of nitrogens with one attached hydrogen (secondary N) is 1. The van der Waals surface area contributed by atoms with Crippen LogP contribution < -0.4 is 10.7 Å². The summed E-state index contributed by atoms with van der Waals surface area (Å²) in [5.41, 5.74) is 3.82. The molecule has 0 fully saturated rings. The van der Waals surface area contributed by atoms with E-state index < -0.39 is 11.3 Å². The molecular weight excluding hydrogens is 400 g/mol. The molecule has 30 heavy (non-hydrogen) atoms. The van der Waals surface area contributed by atoms with Crippen LogP contribution in [0.25, 0.3) is 0 Å². The van der Waals surface area contributed by atoms with Gasteiger partial charge in [-0.2, -0.15) is 0 Å². The van der Waals surface area contributed by atoms with E-state index in [4.69, 9.17) is 16.3 Å². The lowest BCUT2D eigenvalue weighted by molar-refractivity contribution is 0.102. The highest BCUT2D eigenvalue weighted by Crippen LogP contribution is 2.33. The lowest BCUT2D eigenvalue weighted by Crippen LogP contribution is -2.29. The van der Waals surface area contributed by atoms with E-state index in [1.54, 1.807) is 21.0 Å². The minimum absolute atomic E-state index is 0.0874. The van der Waals surface area contributed by atoms with E-state index >= 15 is 0 Å². The first kappa shape index (κ1) is 24.2. The number of rotatable bonds is 8. The van der Waals surface area contributed by atoms with Gasteiger partial charge in [0.2, 0.25) is 5.43 Å². The average molecular weight is 433 g/mol. The third-order valence-corrected chi connectivity index (χ3v) is 5.93. The number of amides is 1. The van der Waals surface area contributed by atoms with Crippen LogP contribution in [-0.2, 0) is 11.3 Å². The first-order valence-corrected chi connectivity index (χ1v) is 10.8. The molecule has 1 heterocycles. The number of carbonyl (C=O) groups excluding carboxylic acids is 1. The van der Waals surface area contributed by atoms with Gasteiger partial charge in [0.15, 0.2) is 0 Å². The number of nitrogens with zero attached hydrogens (tertiary/aromatic N) is 1. The summed E-state index contributed by atoms with van der Waals surface area (Å²) in [6.07, 6.45) is 0.756. The molecule has 1 aromatic heterocycles. The summed E-state index contributed by atoms with van der Waals surface area (Å²) in [7, 11) is 1.65. The van der Waals surface area contributed by atoms with Crippen LogP contribution in [0.5, 0.6) is 0 Å². The number of hydrogen-bond donors (Lipinski definition) is 1. The van der Waals surface area contributed by atoms with Crippen LogP contribution in [0, 0.1) is 13.8 Å². The smallest absolute Gasteiger partial charge is 0.261 e. The van der Waals surface area contributed by atoms with E-state index in [0.29, 0.717) is 24.5 Å². The molecule has 0 aliphatic carbocycles. The molecule has 5 nitrogen and oxygen atoms in total. The maximum absolute atomic E-state index is 13.3. The normalized spacial score (nSPS) is 11.4. The van der Waals surface area contributed by atoms with Crippen molar-refractivity contribution in [1.82, 2.24) is 4.57 Å². The van der Waals surface area contributed by atoms with Gasteiger partial charge < -0.3 is 14.6 Å². The maximum atomic E-state index is 13.3. The van der Waals surface area contributed by atoms with Crippen molar-refractivity contribution in [2.45, 2.75) is 66.3 Å². The summed E-state index contributed by atoms with van der Waals surface area (Å²) in [4.78, 5) is 26.3. The van der Waals surface area contributed by atoms with Crippen LogP contribution in [0.15, 0.2) is 23.0 Å².